The van der Waals surface area contributed by atoms with Crippen molar-refractivity contribution in [2.45, 2.75) is 11.3 Å². The minimum atomic E-state index is -3.71. The molecule has 21 heavy (non-hydrogen) atoms. The molecule has 0 aliphatic heterocycles. The molecule has 7 heteroatoms. The maximum absolute atomic E-state index is 12.8. The lowest BCUT2D eigenvalue weighted by molar-refractivity contribution is 0.589. The third-order valence-corrected chi connectivity index (χ3v) is 6.39. The molecule has 0 amide bonds. The Bertz CT molecular complexity index is 897. The second-order valence-corrected chi connectivity index (χ2v) is 7.67. The number of hydrogen-bond acceptors (Lipinski definition) is 4. The Morgan fingerprint density at radius 3 is 2.71 bits per heavy atom. The highest BCUT2D eigenvalue weighted by Crippen LogP contribution is 2.32. The monoisotopic (exact) mass is 340 g/mol. The van der Waals surface area contributed by atoms with Gasteiger partial charge in [-0.1, -0.05) is 23.7 Å². The van der Waals surface area contributed by atoms with Gasteiger partial charge in [0.15, 0.2) is 0 Å². The Morgan fingerprint density at radius 1 is 1.24 bits per heavy atom. The Labute approximate surface area is 131 Å². The second kappa shape index (κ2) is 5.46. The van der Waals surface area contributed by atoms with Gasteiger partial charge in [0.25, 0.3) is 10.0 Å². The molecule has 1 aromatic carbocycles. The van der Waals surface area contributed by atoms with E-state index in [1.807, 2.05) is 5.38 Å². The van der Waals surface area contributed by atoms with Crippen LogP contribution in [0.25, 0.3) is 10.2 Å². The van der Waals surface area contributed by atoms with Gasteiger partial charge in [-0.15, -0.1) is 11.3 Å². The molecule has 2 heterocycles. The highest BCUT2D eigenvalue weighted by atomic mass is 35.5. The summed E-state index contributed by atoms with van der Waals surface area (Å²) in [6, 6.07) is 8.25. The van der Waals surface area contributed by atoms with Crippen molar-refractivity contribution >= 4 is 43.2 Å². The van der Waals surface area contributed by atoms with E-state index in [4.69, 9.17) is 17.3 Å². The van der Waals surface area contributed by atoms with Crippen LogP contribution >= 0.6 is 22.9 Å². The lowest BCUT2D eigenvalue weighted by atomic mass is 10.2. The molecule has 0 saturated heterocycles. The number of benzene rings is 1. The zero-order valence-electron chi connectivity index (χ0n) is 11.0. The molecular formula is C14H13ClN2O2S2. The van der Waals surface area contributed by atoms with Crippen LogP contribution < -0.4 is 5.73 Å². The minimum Gasteiger partial charge on any atom is -0.330 e. The summed E-state index contributed by atoms with van der Waals surface area (Å²) in [5.41, 5.74) is 7.21. The highest BCUT2D eigenvalue weighted by Gasteiger charge is 2.23. The molecule has 3 aromatic rings. The van der Waals surface area contributed by atoms with Gasteiger partial charge in [-0.3, -0.25) is 0 Å². The summed E-state index contributed by atoms with van der Waals surface area (Å²) in [7, 11) is -3.71. The quantitative estimate of drug-likeness (QED) is 0.793. The molecule has 0 bridgehead atoms. The molecular weight excluding hydrogens is 328 g/mol. The maximum atomic E-state index is 12.8. The number of nitrogens with zero attached hydrogens (tertiary/aromatic N) is 1. The van der Waals surface area contributed by atoms with E-state index >= 15 is 0 Å². The van der Waals surface area contributed by atoms with Crippen molar-refractivity contribution in [1.29, 1.82) is 0 Å². The average Bonchev–Trinajstić information content (AvgIpc) is 3.03. The van der Waals surface area contributed by atoms with E-state index in [0.29, 0.717) is 18.5 Å². The summed E-state index contributed by atoms with van der Waals surface area (Å²) in [5.74, 6) is 0. The first kappa shape index (κ1) is 14.6. The van der Waals surface area contributed by atoms with Crippen molar-refractivity contribution in [3.05, 3.63) is 52.5 Å². The zero-order valence-corrected chi connectivity index (χ0v) is 13.4. The van der Waals surface area contributed by atoms with Gasteiger partial charge in [0.1, 0.15) is 4.90 Å². The first-order valence-corrected chi connectivity index (χ1v) is 9.03. The molecule has 3 rings (SSSR count). The van der Waals surface area contributed by atoms with Gasteiger partial charge in [0.2, 0.25) is 0 Å². The van der Waals surface area contributed by atoms with Crippen LogP contribution in [-0.2, 0) is 16.4 Å². The number of aromatic nitrogens is 1. The number of fused-ring (bicyclic) bond motifs is 1. The topological polar surface area (TPSA) is 65.1 Å². The van der Waals surface area contributed by atoms with E-state index in [2.05, 4.69) is 0 Å². The normalized spacial score (nSPS) is 12.1. The molecule has 0 unspecified atom stereocenters. The predicted molar refractivity (Wildman–Crippen MR) is 86.6 cm³/mol. The van der Waals surface area contributed by atoms with Gasteiger partial charge >= 0.3 is 0 Å². The first-order chi connectivity index (χ1) is 10.1. The van der Waals surface area contributed by atoms with E-state index in [1.165, 1.54) is 21.4 Å². The van der Waals surface area contributed by atoms with Crippen LogP contribution in [0.2, 0.25) is 5.02 Å². The molecule has 2 aromatic heterocycles. The fourth-order valence-corrected chi connectivity index (χ4v) is 5.14. The third-order valence-electron chi connectivity index (χ3n) is 3.23. The van der Waals surface area contributed by atoms with E-state index < -0.39 is 10.0 Å². The van der Waals surface area contributed by atoms with Gasteiger partial charge < -0.3 is 5.73 Å². The highest BCUT2D eigenvalue weighted by molar-refractivity contribution is 7.90. The minimum absolute atomic E-state index is 0.106. The molecule has 0 atom stereocenters. The largest absolute Gasteiger partial charge is 0.330 e. The first-order valence-electron chi connectivity index (χ1n) is 6.33. The summed E-state index contributed by atoms with van der Waals surface area (Å²) in [6.07, 6.45) is 2.29. The number of hydrogen-bond donors (Lipinski definition) is 1. The molecule has 0 aliphatic rings. The van der Waals surface area contributed by atoms with Gasteiger partial charge in [-0.05, 0) is 42.1 Å². The van der Waals surface area contributed by atoms with Gasteiger partial charge in [-0.2, -0.15) is 0 Å². The second-order valence-electron chi connectivity index (χ2n) is 4.56. The lowest BCUT2D eigenvalue weighted by Crippen LogP contribution is -2.12. The molecule has 0 fully saturated rings. The van der Waals surface area contributed by atoms with Crippen molar-refractivity contribution < 1.29 is 8.42 Å². The molecule has 0 spiro atoms. The fourth-order valence-electron chi connectivity index (χ4n) is 2.28. The average molecular weight is 341 g/mol. The molecule has 2 N–H and O–H groups in total. The summed E-state index contributed by atoms with van der Waals surface area (Å²) < 4.78 is 27.9. The number of nitrogens with two attached hydrogens (primary N) is 1. The van der Waals surface area contributed by atoms with Crippen LogP contribution in [0.15, 0.2) is 46.8 Å². The van der Waals surface area contributed by atoms with Gasteiger partial charge in [-0.25, -0.2) is 12.4 Å². The molecule has 110 valence electrons. The molecule has 0 saturated carbocycles. The van der Waals surface area contributed by atoms with E-state index in [0.717, 1.165) is 10.3 Å². The molecule has 4 nitrogen and oxygen atoms in total. The van der Waals surface area contributed by atoms with Crippen LogP contribution in [0.1, 0.15) is 5.56 Å². The van der Waals surface area contributed by atoms with Gasteiger partial charge in [0, 0.05) is 6.20 Å². The Balaban J connectivity index is 2.25. The number of rotatable bonds is 4. The van der Waals surface area contributed by atoms with Crippen molar-refractivity contribution in [3.63, 3.8) is 0 Å². The molecule has 0 aliphatic carbocycles. The maximum Gasteiger partial charge on any atom is 0.269 e. The SMILES string of the molecule is NCCc1cn(S(=O)(=O)c2ccccc2Cl)c2ccsc12. The van der Waals surface area contributed by atoms with E-state index in [9.17, 15) is 8.42 Å². The lowest BCUT2D eigenvalue weighted by Gasteiger charge is -2.08. The van der Waals surface area contributed by atoms with E-state index in [-0.39, 0.29) is 9.92 Å². The summed E-state index contributed by atoms with van der Waals surface area (Å²) in [5, 5.41) is 2.10. The van der Waals surface area contributed by atoms with Crippen molar-refractivity contribution in [2.24, 2.45) is 5.73 Å². The molecule has 0 radical (unpaired) electrons. The predicted octanol–water partition coefficient (Wildman–Crippen LogP) is 3.09. The summed E-state index contributed by atoms with van der Waals surface area (Å²) in [6.45, 7) is 0.475. The van der Waals surface area contributed by atoms with Crippen LogP contribution in [0, 0.1) is 0 Å². The zero-order chi connectivity index (χ0) is 15.0. The summed E-state index contributed by atoms with van der Waals surface area (Å²) >= 11 is 7.56. The Hall–Kier alpha value is -1.34. The van der Waals surface area contributed by atoms with Crippen molar-refractivity contribution in [1.82, 2.24) is 3.97 Å². The van der Waals surface area contributed by atoms with Crippen LogP contribution in [0.4, 0.5) is 0 Å². The van der Waals surface area contributed by atoms with Crippen LogP contribution in [0.5, 0.6) is 0 Å². The van der Waals surface area contributed by atoms with Gasteiger partial charge in [0.05, 0.1) is 15.2 Å². The standard InChI is InChI=1S/C14H13ClN2O2S2/c15-11-3-1-2-4-13(11)21(18,19)17-9-10(5-7-16)14-12(17)6-8-20-14/h1-4,6,8-9H,5,7,16H2. The number of halogens is 1. The van der Waals surface area contributed by atoms with Crippen LogP contribution in [-0.4, -0.2) is 18.9 Å². The third kappa shape index (κ3) is 2.38. The Kier molecular flexibility index (Phi) is 3.79. The van der Waals surface area contributed by atoms with Crippen LogP contribution in [0.3, 0.4) is 0 Å². The smallest absolute Gasteiger partial charge is 0.269 e. The van der Waals surface area contributed by atoms with E-state index in [1.54, 1.807) is 30.5 Å². The number of thiophene rings is 1. The van der Waals surface area contributed by atoms with Crippen molar-refractivity contribution in [3.8, 4) is 0 Å². The summed E-state index contributed by atoms with van der Waals surface area (Å²) in [4.78, 5) is 0.106. The fraction of sp³-hybridized carbons (Fsp3) is 0.143. The Morgan fingerprint density at radius 2 is 2.00 bits per heavy atom. The van der Waals surface area contributed by atoms with Crippen molar-refractivity contribution in [2.75, 3.05) is 6.54 Å².